The first-order valence-corrected chi connectivity index (χ1v) is 7.19. The summed E-state index contributed by atoms with van der Waals surface area (Å²) in [4.78, 5) is 4.39. The molecule has 108 valence electrons. The van der Waals surface area contributed by atoms with Gasteiger partial charge in [-0.25, -0.2) is 4.98 Å². The second-order valence-corrected chi connectivity index (χ2v) is 5.70. The van der Waals surface area contributed by atoms with E-state index in [9.17, 15) is 13.2 Å². The highest BCUT2D eigenvalue weighted by Gasteiger charge is 2.31. The van der Waals surface area contributed by atoms with Crippen molar-refractivity contribution in [2.45, 2.75) is 24.9 Å². The number of thiazole rings is 1. The molecule has 2 aromatic rings. The van der Waals surface area contributed by atoms with Crippen molar-refractivity contribution in [1.29, 1.82) is 5.26 Å². The number of hydrogen-bond donors (Lipinski definition) is 1. The summed E-state index contributed by atoms with van der Waals surface area (Å²) in [7, 11) is 0. The first kappa shape index (κ1) is 13.9. The van der Waals surface area contributed by atoms with Crippen LogP contribution in [0.15, 0.2) is 23.6 Å². The molecule has 3 nitrogen and oxygen atoms in total. The number of hydrogen-bond acceptors (Lipinski definition) is 4. The van der Waals surface area contributed by atoms with E-state index in [0.717, 1.165) is 30.7 Å². The van der Waals surface area contributed by atoms with E-state index in [1.54, 1.807) is 6.07 Å². The fraction of sp³-hybridized carbons (Fsp3) is 0.286. The Kier molecular flexibility index (Phi) is 3.33. The van der Waals surface area contributed by atoms with Crippen LogP contribution in [0.3, 0.4) is 0 Å². The van der Waals surface area contributed by atoms with E-state index in [1.165, 1.54) is 17.4 Å². The number of aromatic nitrogens is 1. The van der Waals surface area contributed by atoms with Crippen LogP contribution in [0.4, 0.5) is 24.0 Å². The standard InChI is InChI=1S/C14H10F3N3S/c15-14(16,17)10-3-4-11(9(5-10)6-18)19-13-20-12(7-21-13)8-1-2-8/h3-5,7-8H,1-2H2,(H,19,20). The van der Waals surface area contributed by atoms with Gasteiger partial charge in [0.1, 0.15) is 6.07 Å². The normalized spacial score (nSPS) is 14.8. The van der Waals surface area contributed by atoms with E-state index >= 15 is 0 Å². The maximum Gasteiger partial charge on any atom is 0.416 e. The van der Waals surface area contributed by atoms with E-state index in [1.807, 2.05) is 5.38 Å². The first-order valence-electron chi connectivity index (χ1n) is 6.31. The molecule has 1 aliphatic carbocycles. The quantitative estimate of drug-likeness (QED) is 0.897. The highest BCUT2D eigenvalue weighted by Crippen LogP contribution is 2.41. The highest BCUT2D eigenvalue weighted by atomic mass is 32.1. The van der Waals surface area contributed by atoms with Crippen molar-refractivity contribution in [1.82, 2.24) is 4.98 Å². The van der Waals surface area contributed by atoms with E-state index in [-0.39, 0.29) is 5.56 Å². The van der Waals surface area contributed by atoms with Gasteiger partial charge >= 0.3 is 6.18 Å². The zero-order valence-corrected chi connectivity index (χ0v) is 11.6. The molecule has 0 atom stereocenters. The minimum Gasteiger partial charge on any atom is -0.330 e. The van der Waals surface area contributed by atoms with Crippen molar-refractivity contribution in [2.24, 2.45) is 0 Å². The maximum absolute atomic E-state index is 12.6. The van der Waals surface area contributed by atoms with Gasteiger partial charge in [-0.05, 0) is 31.0 Å². The molecular formula is C14H10F3N3S. The van der Waals surface area contributed by atoms with Crippen LogP contribution < -0.4 is 5.32 Å². The largest absolute Gasteiger partial charge is 0.416 e. The fourth-order valence-electron chi connectivity index (χ4n) is 1.95. The van der Waals surface area contributed by atoms with E-state index < -0.39 is 11.7 Å². The molecular weight excluding hydrogens is 299 g/mol. The summed E-state index contributed by atoms with van der Waals surface area (Å²) in [5.41, 5.74) is 0.463. The summed E-state index contributed by atoms with van der Waals surface area (Å²) in [6, 6.07) is 4.85. The third kappa shape index (κ3) is 3.00. The number of nitrogens with one attached hydrogen (secondary N) is 1. The minimum absolute atomic E-state index is 0.0482. The van der Waals surface area contributed by atoms with Gasteiger partial charge < -0.3 is 5.32 Å². The average Bonchev–Trinajstić information content (AvgIpc) is 3.19. The van der Waals surface area contributed by atoms with Crippen molar-refractivity contribution in [3.63, 3.8) is 0 Å². The molecule has 0 saturated heterocycles. The molecule has 0 radical (unpaired) electrons. The third-order valence-corrected chi connectivity index (χ3v) is 4.00. The number of alkyl halides is 3. The van der Waals surface area contributed by atoms with E-state index in [0.29, 0.717) is 16.7 Å². The second kappa shape index (κ2) is 5.04. The van der Waals surface area contributed by atoms with Crippen molar-refractivity contribution in [3.8, 4) is 6.07 Å². The van der Waals surface area contributed by atoms with Crippen molar-refractivity contribution in [3.05, 3.63) is 40.4 Å². The molecule has 1 aromatic carbocycles. The van der Waals surface area contributed by atoms with Gasteiger partial charge in [-0.3, -0.25) is 0 Å². The van der Waals surface area contributed by atoms with Gasteiger partial charge in [0.15, 0.2) is 5.13 Å². The van der Waals surface area contributed by atoms with Crippen LogP contribution in [0.1, 0.15) is 35.6 Å². The van der Waals surface area contributed by atoms with Crippen LogP contribution in [-0.4, -0.2) is 4.98 Å². The van der Waals surface area contributed by atoms with E-state index in [2.05, 4.69) is 10.3 Å². The third-order valence-electron chi connectivity index (χ3n) is 3.23. The number of benzene rings is 1. The zero-order valence-electron chi connectivity index (χ0n) is 10.7. The van der Waals surface area contributed by atoms with Gasteiger partial charge in [0.2, 0.25) is 0 Å². The minimum atomic E-state index is -4.45. The van der Waals surface area contributed by atoms with Gasteiger partial charge in [-0.2, -0.15) is 18.4 Å². The smallest absolute Gasteiger partial charge is 0.330 e. The molecule has 0 aliphatic heterocycles. The van der Waals surface area contributed by atoms with E-state index in [4.69, 9.17) is 5.26 Å². The van der Waals surface area contributed by atoms with Crippen molar-refractivity contribution < 1.29 is 13.2 Å². The summed E-state index contributed by atoms with van der Waals surface area (Å²) in [5, 5.41) is 14.5. The van der Waals surface area contributed by atoms with Crippen LogP contribution in [0, 0.1) is 11.3 Å². The number of anilines is 2. The molecule has 7 heteroatoms. The number of rotatable bonds is 3. The lowest BCUT2D eigenvalue weighted by Crippen LogP contribution is -2.06. The summed E-state index contributed by atoms with van der Waals surface area (Å²) in [6.07, 6.45) is -2.19. The monoisotopic (exact) mass is 309 g/mol. The molecule has 1 saturated carbocycles. The molecule has 1 fully saturated rings. The summed E-state index contributed by atoms with van der Waals surface area (Å²) >= 11 is 1.39. The molecule has 21 heavy (non-hydrogen) atoms. The Bertz CT molecular complexity index is 711. The fourth-order valence-corrected chi connectivity index (χ4v) is 2.75. The van der Waals surface area contributed by atoms with Crippen LogP contribution in [-0.2, 0) is 6.18 Å². The van der Waals surface area contributed by atoms with Gasteiger partial charge in [-0.15, -0.1) is 11.3 Å². The Labute approximate surface area is 123 Å². The Hall–Kier alpha value is -2.07. The molecule has 0 spiro atoms. The lowest BCUT2D eigenvalue weighted by Gasteiger charge is -2.10. The Morgan fingerprint density at radius 2 is 2.10 bits per heavy atom. The summed E-state index contributed by atoms with van der Waals surface area (Å²) in [5.74, 6) is 0.514. The Balaban J connectivity index is 1.85. The summed E-state index contributed by atoms with van der Waals surface area (Å²) < 4.78 is 37.9. The molecule has 0 amide bonds. The maximum atomic E-state index is 12.6. The number of nitriles is 1. The Morgan fingerprint density at radius 3 is 2.71 bits per heavy atom. The number of halogens is 3. The molecule has 3 rings (SSSR count). The van der Waals surface area contributed by atoms with Crippen molar-refractivity contribution in [2.75, 3.05) is 5.32 Å². The molecule has 1 aliphatic rings. The van der Waals surface area contributed by atoms with Crippen LogP contribution >= 0.6 is 11.3 Å². The molecule has 0 unspecified atom stereocenters. The lowest BCUT2D eigenvalue weighted by molar-refractivity contribution is -0.137. The zero-order chi connectivity index (χ0) is 15.0. The van der Waals surface area contributed by atoms with Crippen molar-refractivity contribution >= 4 is 22.2 Å². The van der Waals surface area contributed by atoms with Gasteiger partial charge in [0.25, 0.3) is 0 Å². The molecule has 1 N–H and O–H groups in total. The van der Waals surface area contributed by atoms with Crippen LogP contribution in [0.2, 0.25) is 0 Å². The first-order chi connectivity index (χ1) is 9.97. The Morgan fingerprint density at radius 1 is 1.33 bits per heavy atom. The topological polar surface area (TPSA) is 48.7 Å². The molecule has 0 bridgehead atoms. The van der Waals surface area contributed by atoms with Crippen LogP contribution in [0.5, 0.6) is 0 Å². The second-order valence-electron chi connectivity index (χ2n) is 4.85. The lowest BCUT2D eigenvalue weighted by atomic mass is 10.1. The molecule has 1 heterocycles. The predicted molar refractivity (Wildman–Crippen MR) is 73.5 cm³/mol. The number of nitrogens with zero attached hydrogens (tertiary/aromatic N) is 2. The van der Waals surface area contributed by atoms with Crippen LogP contribution in [0.25, 0.3) is 0 Å². The van der Waals surface area contributed by atoms with Gasteiger partial charge in [-0.1, -0.05) is 0 Å². The summed E-state index contributed by atoms with van der Waals surface area (Å²) in [6.45, 7) is 0. The molecule has 1 aromatic heterocycles. The average molecular weight is 309 g/mol. The predicted octanol–water partition coefficient (Wildman–Crippen LogP) is 4.65. The highest BCUT2D eigenvalue weighted by molar-refractivity contribution is 7.13. The van der Waals surface area contributed by atoms with Gasteiger partial charge in [0.05, 0.1) is 22.5 Å². The van der Waals surface area contributed by atoms with Gasteiger partial charge in [0, 0.05) is 11.3 Å². The SMILES string of the molecule is N#Cc1cc(C(F)(F)F)ccc1Nc1nc(C2CC2)cs1.